The lowest BCUT2D eigenvalue weighted by atomic mass is 9.89. The van der Waals surface area contributed by atoms with E-state index in [0.717, 1.165) is 11.3 Å². The third-order valence-electron chi connectivity index (χ3n) is 5.54. The summed E-state index contributed by atoms with van der Waals surface area (Å²) in [6.45, 7) is 4.70. The number of carbonyl (C=O) groups excluding carboxylic acids is 1. The Morgan fingerprint density at radius 2 is 2.03 bits per heavy atom. The van der Waals surface area contributed by atoms with Crippen molar-refractivity contribution >= 4 is 27.3 Å². The number of hydrogen-bond acceptors (Lipinski definition) is 5. The second-order valence-electron chi connectivity index (χ2n) is 8.30. The van der Waals surface area contributed by atoms with Gasteiger partial charge in [-0.2, -0.15) is 4.31 Å². The van der Waals surface area contributed by atoms with Gasteiger partial charge in [-0.05, 0) is 44.2 Å². The first-order valence-electron chi connectivity index (χ1n) is 9.88. The van der Waals surface area contributed by atoms with Gasteiger partial charge in [0.05, 0.1) is 12.0 Å². The van der Waals surface area contributed by atoms with Gasteiger partial charge in [0.15, 0.2) is 0 Å². The van der Waals surface area contributed by atoms with Gasteiger partial charge in [0.1, 0.15) is 15.6 Å². The first-order valence-corrected chi connectivity index (χ1v) is 12.2. The summed E-state index contributed by atoms with van der Waals surface area (Å²) >= 11 is 1.21. The van der Waals surface area contributed by atoms with E-state index >= 15 is 0 Å². The van der Waals surface area contributed by atoms with Crippen LogP contribution in [0.5, 0.6) is 5.75 Å². The number of piperidine rings is 1. The van der Waals surface area contributed by atoms with Crippen molar-refractivity contribution in [2.24, 2.45) is 5.92 Å². The molecule has 4 rings (SSSR count). The first-order chi connectivity index (χ1) is 13.8. The molecule has 1 aromatic carbocycles. The molecular formula is C21H26N2O4S2. The summed E-state index contributed by atoms with van der Waals surface area (Å²) < 4.78 is 33.5. The molecule has 1 aromatic heterocycles. The number of thiophene rings is 1. The number of benzene rings is 1. The average Bonchev–Trinajstić information content (AvgIpc) is 3.23. The highest BCUT2D eigenvalue weighted by atomic mass is 32.2. The van der Waals surface area contributed by atoms with Crippen molar-refractivity contribution in [1.82, 2.24) is 9.62 Å². The predicted molar refractivity (Wildman–Crippen MR) is 112 cm³/mol. The average molecular weight is 435 g/mol. The summed E-state index contributed by atoms with van der Waals surface area (Å²) in [6, 6.07) is 11.0. The highest BCUT2D eigenvalue weighted by Gasteiger charge is 2.38. The Morgan fingerprint density at radius 3 is 2.79 bits per heavy atom. The van der Waals surface area contributed by atoms with Crippen molar-refractivity contribution in [3.8, 4) is 5.75 Å². The lowest BCUT2D eigenvalue weighted by molar-refractivity contribution is -0.127. The highest BCUT2D eigenvalue weighted by Crippen LogP contribution is 2.39. The maximum atomic E-state index is 13.1. The standard InChI is InChI=1S/C21H26N2O4S2/c1-21(2)13-17(16-8-3-4-9-18(16)27-21)22-20(24)15-7-5-11-23(14-15)29(25,26)19-10-6-12-28-19/h3-4,6,8-10,12,15,17H,5,7,11,13-14H2,1-2H3,(H,22,24)/t15-,17+/m0/s1. The van der Waals surface area contributed by atoms with E-state index < -0.39 is 10.0 Å². The van der Waals surface area contributed by atoms with Gasteiger partial charge in [0, 0.05) is 25.1 Å². The molecule has 8 heteroatoms. The van der Waals surface area contributed by atoms with Crippen LogP contribution >= 0.6 is 11.3 Å². The van der Waals surface area contributed by atoms with E-state index in [2.05, 4.69) is 5.32 Å². The number of fused-ring (bicyclic) bond motifs is 1. The Bertz CT molecular complexity index is 986. The number of nitrogens with zero attached hydrogens (tertiary/aromatic N) is 1. The topological polar surface area (TPSA) is 75.7 Å². The van der Waals surface area contributed by atoms with Crippen LogP contribution < -0.4 is 10.1 Å². The summed E-state index contributed by atoms with van der Waals surface area (Å²) in [5.41, 5.74) is 0.590. The van der Waals surface area contributed by atoms with Gasteiger partial charge < -0.3 is 10.1 Å². The van der Waals surface area contributed by atoms with E-state index in [0.29, 0.717) is 30.0 Å². The number of hydrogen-bond donors (Lipinski definition) is 1. The number of ether oxygens (including phenoxy) is 1. The molecule has 1 fully saturated rings. The number of rotatable bonds is 4. The summed E-state index contributed by atoms with van der Waals surface area (Å²) in [6.07, 6.45) is 2.04. The van der Waals surface area contributed by atoms with Crippen molar-refractivity contribution in [1.29, 1.82) is 0 Å². The normalized spacial score (nSPS) is 24.3. The third kappa shape index (κ3) is 4.20. The molecule has 2 aromatic rings. The van der Waals surface area contributed by atoms with Crippen molar-refractivity contribution in [2.75, 3.05) is 13.1 Å². The number of amides is 1. The largest absolute Gasteiger partial charge is 0.487 e. The van der Waals surface area contributed by atoms with E-state index in [1.807, 2.05) is 38.1 Å². The molecule has 2 atom stereocenters. The summed E-state index contributed by atoms with van der Waals surface area (Å²) in [5.74, 6) is 0.352. The maximum Gasteiger partial charge on any atom is 0.252 e. The summed E-state index contributed by atoms with van der Waals surface area (Å²) in [4.78, 5) is 13.1. The van der Waals surface area contributed by atoms with E-state index in [4.69, 9.17) is 4.74 Å². The molecule has 0 radical (unpaired) electrons. The zero-order valence-electron chi connectivity index (χ0n) is 16.6. The fraction of sp³-hybridized carbons (Fsp3) is 0.476. The van der Waals surface area contributed by atoms with E-state index in [1.165, 1.54) is 15.6 Å². The smallest absolute Gasteiger partial charge is 0.252 e. The second kappa shape index (κ2) is 7.74. The Balaban J connectivity index is 1.49. The van der Waals surface area contributed by atoms with Crippen LogP contribution in [0.25, 0.3) is 0 Å². The monoisotopic (exact) mass is 434 g/mol. The molecule has 1 saturated heterocycles. The highest BCUT2D eigenvalue weighted by molar-refractivity contribution is 7.91. The lowest BCUT2D eigenvalue weighted by Crippen LogP contribution is -2.47. The van der Waals surface area contributed by atoms with Gasteiger partial charge >= 0.3 is 0 Å². The molecule has 1 N–H and O–H groups in total. The van der Waals surface area contributed by atoms with Gasteiger partial charge in [0.2, 0.25) is 5.91 Å². The number of sulfonamides is 1. The molecule has 0 bridgehead atoms. The van der Waals surface area contributed by atoms with Crippen LogP contribution in [-0.2, 0) is 14.8 Å². The summed E-state index contributed by atoms with van der Waals surface area (Å²) in [5, 5.41) is 4.92. The van der Waals surface area contributed by atoms with Crippen LogP contribution in [0, 0.1) is 5.92 Å². The molecular weight excluding hydrogens is 408 g/mol. The molecule has 29 heavy (non-hydrogen) atoms. The van der Waals surface area contributed by atoms with Crippen LogP contribution in [0.3, 0.4) is 0 Å². The molecule has 0 spiro atoms. The zero-order valence-corrected chi connectivity index (χ0v) is 18.3. The molecule has 2 aliphatic rings. The second-order valence-corrected chi connectivity index (χ2v) is 11.4. The zero-order chi connectivity index (χ0) is 20.6. The minimum absolute atomic E-state index is 0.0893. The van der Waals surface area contributed by atoms with Crippen molar-refractivity contribution in [2.45, 2.75) is 49.0 Å². The van der Waals surface area contributed by atoms with Crippen LogP contribution in [0.1, 0.15) is 44.7 Å². The lowest BCUT2D eigenvalue weighted by Gasteiger charge is -2.39. The number of nitrogens with one attached hydrogen (secondary N) is 1. The molecule has 0 saturated carbocycles. The van der Waals surface area contributed by atoms with Crippen LogP contribution in [0.15, 0.2) is 46.0 Å². The van der Waals surface area contributed by atoms with Crippen LogP contribution in [0.2, 0.25) is 0 Å². The van der Waals surface area contributed by atoms with E-state index in [9.17, 15) is 13.2 Å². The molecule has 3 heterocycles. The fourth-order valence-electron chi connectivity index (χ4n) is 4.13. The van der Waals surface area contributed by atoms with Gasteiger partial charge in [0.25, 0.3) is 10.0 Å². The van der Waals surface area contributed by atoms with Gasteiger partial charge in [-0.1, -0.05) is 24.3 Å². The molecule has 6 nitrogen and oxygen atoms in total. The van der Waals surface area contributed by atoms with Crippen molar-refractivity contribution in [3.05, 3.63) is 47.3 Å². The maximum absolute atomic E-state index is 13.1. The van der Waals surface area contributed by atoms with Crippen LogP contribution in [-0.4, -0.2) is 37.3 Å². The van der Waals surface area contributed by atoms with Gasteiger partial charge in [-0.15, -0.1) is 11.3 Å². The number of para-hydroxylation sites is 1. The SMILES string of the molecule is CC1(C)C[C@@H](NC(=O)[C@H]2CCCN(S(=O)(=O)c3cccs3)C2)c2ccccc2O1. The summed E-state index contributed by atoms with van der Waals surface area (Å²) in [7, 11) is -3.53. The quantitative estimate of drug-likeness (QED) is 0.798. The minimum Gasteiger partial charge on any atom is -0.487 e. The molecule has 0 unspecified atom stereocenters. The van der Waals surface area contributed by atoms with E-state index in [-0.39, 0.29) is 30.0 Å². The molecule has 1 amide bonds. The van der Waals surface area contributed by atoms with Crippen molar-refractivity contribution < 1.29 is 17.9 Å². The number of carbonyl (C=O) groups is 1. The van der Waals surface area contributed by atoms with Crippen LogP contribution in [0.4, 0.5) is 0 Å². The third-order valence-corrected chi connectivity index (χ3v) is 8.78. The van der Waals surface area contributed by atoms with Gasteiger partial charge in [-0.3, -0.25) is 4.79 Å². The fourth-order valence-corrected chi connectivity index (χ4v) is 6.80. The Morgan fingerprint density at radius 1 is 1.24 bits per heavy atom. The molecule has 2 aliphatic heterocycles. The Kier molecular flexibility index (Phi) is 5.44. The molecule has 0 aliphatic carbocycles. The van der Waals surface area contributed by atoms with E-state index in [1.54, 1.807) is 17.5 Å². The van der Waals surface area contributed by atoms with Crippen molar-refractivity contribution in [3.63, 3.8) is 0 Å². The first kappa shape index (κ1) is 20.4. The van der Waals surface area contributed by atoms with Gasteiger partial charge in [-0.25, -0.2) is 8.42 Å². The Labute approximate surface area is 175 Å². The predicted octanol–water partition coefficient (Wildman–Crippen LogP) is 3.57. The Hall–Kier alpha value is -1.90. The minimum atomic E-state index is -3.53. The molecule has 156 valence electrons.